The van der Waals surface area contributed by atoms with E-state index in [2.05, 4.69) is 17.4 Å². The van der Waals surface area contributed by atoms with E-state index in [1.54, 1.807) is 14.2 Å². The molecule has 21 heavy (non-hydrogen) atoms. The van der Waals surface area contributed by atoms with E-state index < -0.39 is 0 Å². The fourth-order valence-corrected chi connectivity index (χ4v) is 2.17. The summed E-state index contributed by atoms with van der Waals surface area (Å²) in [6.45, 7) is 0.649. The standard InChI is InChI=1S/C17H20NO3/c1-20-15-8-7-14(11-16(15)21-2)12-17(19)18-10-9-13-5-3-4-6-13/h3-8,11H,9-10,12H2,1-2H3,(H,18,19)/q-1. The van der Waals surface area contributed by atoms with Crippen molar-refractivity contribution in [3.05, 3.63) is 53.6 Å². The van der Waals surface area contributed by atoms with Crippen molar-refractivity contribution < 1.29 is 14.3 Å². The van der Waals surface area contributed by atoms with Gasteiger partial charge < -0.3 is 14.8 Å². The zero-order chi connectivity index (χ0) is 15.1. The summed E-state index contributed by atoms with van der Waals surface area (Å²) in [5.41, 5.74) is 2.14. The Kier molecular flexibility index (Phi) is 5.32. The highest BCUT2D eigenvalue weighted by Crippen LogP contribution is 2.27. The van der Waals surface area contributed by atoms with Crippen LogP contribution in [0.3, 0.4) is 0 Å². The molecule has 0 aromatic heterocycles. The fraction of sp³-hybridized carbons (Fsp3) is 0.294. The molecule has 4 heteroatoms. The van der Waals surface area contributed by atoms with E-state index in [4.69, 9.17) is 9.47 Å². The number of rotatable bonds is 7. The van der Waals surface area contributed by atoms with E-state index in [1.807, 2.05) is 30.3 Å². The maximum absolute atomic E-state index is 11.9. The van der Waals surface area contributed by atoms with Crippen LogP contribution in [0.4, 0.5) is 0 Å². The van der Waals surface area contributed by atoms with E-state index in [-0.39, 0.29) is 5.91 Å². The monoisotopic (exact) mass is 286 g/mol. The maximum atomic E-state index is 11.9. The van der Waals surface area contributed by atoms with Crippen molar-refractivity contribution in [2.45, 2.75) is 12.8 Å². The van der Waals surface area contributed by atoms with E-state index in [9.17, 15) is 4.79 Å². The molecule has 4 nitrogen and oxygen atoms in total. The fourth-order valence-electron chi connectivity index (χ4n) is 2.17. The van der Waals surface area contributed by atoms with Gasteiger partial charge in [-0.25, -0.2) is 6.07 Å². The van der Waals surface area contributed by atoms with Crippen LogP contribution in [0.15, 0.2) is 42.5 Å². The molecule has 1 amide bonds. The van der Waals surface area contributed by atoms with Crippen LogP contribution >= 0.6 is 0 Å². The topological polar surface area (TPSA) is 47.6 Å². The summed E-state index contributed by atoms with van der Waals surface area (Å²) < 4.78 is 10.4. The molecule has 0 heterocycles. The van der Waals surface area contributed by atoms with Gasteiger partial charge in [0, 0.05) is 6.54 Å². The summed E-state index contributed by atoms with van der Waals surface area (Å²) in [6, 6.07) is 13.6. The predicted molar refractivity (Wildman–Crippen MR) is 82.0 cm³/mol. The first kappa shape index (κ1) is 15.0. The number of carbonyl (C=O) groups excluding carboxylic acids is 1. The average molecular weight is 286 g/mol. The van der Waals surface area contributed by atoms with Crippen LogP contribution in [0.1, 0.15) is 11.1 Å². The van der Waals surface area contributed by atoms with Gasteiger partial charge in [0.2, 0.25) is 5.91 Å². The van der Waals surface area contributed by atoms with Gasteiger partial charge in [0.1, 0.15) is 0 Å². The van der Waals surface area contributed by atoms with Crippen LogP contribution in [0, 0.1) is 0 Å². The molecule has 0 aliphatic rings. The number of nitrogens with one attached hydrogen (secondary N) is 1. The Hall–Kier alpha value is -2.36. The van der Waals surface area contributed by atoms with Crippen LogP contribution in [-0.4, -0.2) is 26.7 Å². The molecular formula is C17H20NO3-. The van der Waals surface area contributed by atoms with Crippen LogP contribution in [0.5, 0.6) is 11.5 Å². The summed E-state index contributed by atoms with van der Waals surface area (Å²) in [5, 5.41) is 2.92. The summed E-state index contributed by atoms with van der Waals surface area (Å²) in [4.78, 5) is 11.9. The first-order valence-electron chi connectivity index (χ1n) is 6.91. The molecule has 2 aromatic rings. The normalized spacial score (nSPS) is 10.2. The minimum atomic E-state index is 0.00813. The van der Waals surface area contributed by atoms with Gasteiger partial charge in [-0.3, -0.25) is 4.79 Å². The Morgan fingerprint density at radius 2 is 1.95 bits per heavy atom. The summed E-state index contributed by atoms with van der Waals surface area (Å²) in [7, 11) is 3.18. The predicted octanol–water partition coefficient (Wildman–Crippen LogP) is 2.32. The van der Waals surface area contributed by atoms with Crippen molar-refractivity contribution in [3.63, 3.8) is 0 Å². The Bertz CT molecular complexity index is 576. The van der Waals surface area contributed by atoms with E-state index in [0.717, 1.165) is 12.0 Å². The third-order valence-corrected chi connectivity index (χ3v) is 3.28. The Balaban J connectivity index is 1.84. The van der Waals surface area contributed by atoms with Crippen LogP contribution in [0.25, 0.3) is 0 Å². The van der Waals surface area contributed by atoms with Crippen molar-refractivity contribution in [3.8, 4) is 11.5 Å². The van der Waals surface area contributed by atoms with Gasteiger partial charge in [-0.15, -0.1) is 0 Å². The summed E-state index contributed by atoms with van der Waals surface area (Å²) in [6.07, 6.45) is 1.19. The molecule has 0 aliphatic carbocycles. The lowest BCUT2D eigenvalue weighted by Gasteiger charge is -2.10. The molecule has 0 spiro atoms. The van der Waals surface area contributed by atoms with E-state index in [0.29, 0.717) is 24.5 Å². The highest BCUT2D eigenvalue weighted by Gasteiger charge is 2.07. The third-order valence-electron chi connectivity index (χ3n) is 3.28. The van der Waals surface area contributed by atoms with Gasteiger partial charge in [0.05, 0.1) is 20.6 Å². The van der Waals surface area contributed by atoms with Gasteiger partial charge in [-0.05, 0) is 17.7 Å². The minimum Gasteiger partial charge on any atom is -0.493 e. The van der Waals surface area contributed by atoms with Gasteiger partial charge in [0.15, 0.2) is 11.5 Å². The Labute approximate surface area is 125 Å². The second-order valence-electron chi connectivity index (χ2n) is 4.76. The molecule has 0 aliphatic heterocycles. The molecule has 0 radical (unpaired) electrons. The van der Waals surface area contributed by atoms with Crippen molar-refractivity contribution >= 4 is 5.91 Å². The number of hydrogen-bond acceptors (Lipinski definition) is 3. The Morgan fingerprint density at radius 1 is 1.14 bits per heavy atom. The van der Waals surface area contributed by atoms with E-state index >= 15 is 0 Å². The number of ether oxygens (including phenoxy) is 2. The third kappa shape index (κ3) is 4.31. The van der Waals surface area contributed by atoms with Crippen molar-refractivity contribution in [1.29, 1.82) is 0 Å². The second kappa shape index (κ2) is 7.43. The summed E-state index contributed by atoms with van der Waals surface area (Å²) >= 11 is 0. The van der Waals surface area contributed by atoms with Crippen molar-refractivity contribution in [2.75, 3.05) is 20.8 Å². The van der Waals surface area contributed by atoms with Gasteiger partial charge in [-0.2, -0.15) is 23.8 Å². The molecular weight excluding hydrogens is 266 g/mol. The molecule has 112 valence electrons. The van der Waals surface area contributed by atoms with Crippen LogP contribution in [-0.2, 0) is 17.6 Å². The number of carbonyl (C=O) groups is 1. The van der Waals surface area contributed by atoms with Crippen molar-refractivity contribution in [1.82, 2.24) is 5.32 Å². The van der Waals surface area contributed by atoms with Gasteiger partial charge >= 0.3 is 0 Å². The molecule has 0 saturated heterocycles. The lowest BCUT2D eigenvalue weighted by Crippen LogP contribution is -2.27. The maximum Gasteiger partial charge on any atom is 0.224 e. The molecule has 0 saturated carbocycles. The van der Waals surface area contributed by atoms with Gasteiger partial charge in [0.25, 0.3) is 0 Å². The SMILES string of the molecule is COc1ccc(CC(=O)NCCc2cc[cH-]c2)cc1OC. The average Bonchev–Trinajstić information content (AvgIpc) is 3.00. The quantitative estimate of drug-likeness (QED) is 0.795. The smallest absolute Gasteiger partial charge is 0.224 e. The molecule has 0 bridgehead atoms. The van der Waals surface area contributed by atoms with Crippen LogP contribution < -0.4 is 14.8 Å². The zero-order valence-corrected chi connectivity index (χ0v) is 12.4. The molecule has 2 aromatic carbocycles. The number of methoxy groups -OCH3 is 2. The molecule has 1 N–H and O–H groups in total. The first-order chi connectivity index (χ1) is 10.2. The highest BCUT2D eigenvalue weighted by molar-refractivity contribution is 5.78. The van der Waals surface area contributed by atoms with Crippen LogP contribution in [0.2, 0.25) is 0 Å². The molecule has 2 rings (SSSR count). The second-order valence-corrected chi connectivity index (χ2v) is 4.76. The minimum absolute atomic E-state index is 0.00813. The highest BCUT2D eigenvalue weighted by atomic mass is 16.5. The van der Waals surface area contributed by atoms with Gasteiger partial charge in [-0.1, -0.05) is 12.5 Å². The molecule has 0 unspecified atom stereocenters. The number of amides is 1. The van der Waals surface area contributed by atoms with E-state index in [1.165, 1.54) is 5.56 Å². The largest absolute Gasteiger partial charge is 0.493 e. The Morgan fingerprint density at radius 3 is 2.62 bits per heavy atom. The lowest BCUT2D eigenvalue weighted by atomic mass is 10.1. The molecule has 0 fully saturated rings. The number of hydrogen-bond donors (Lipinski definition) is 1. The van der Waals surface area contributed by atoms with Crippen molar-refractivity contribution in [2.24, 2.45) is 0 Å². The zero-order valence-electron chi connectivity index (χ0n) is 12.4. The molecule has 0 atom stereocenters. The number of benzene rings is 1. The first-order valence-corrected chi connectivity index (χ1v) is 6.91. The summed E-state index contributed by atoms with van der Waals surface area (Å²) in [5.74, 6) is 1.31. The lowest BCUT2D eigenvalue weighted by molar-refractivity contribution is -0.120.